The van der Waals surface area contributed by atoms with E-state index in [1.807, 2.05) is 27.7 Å². The molecule has 1 N–H and O–H groups in total. The Balaban J connectivity index is 2.34. The van der Waals surface area contributed by atoms with Gasteiger partial charge in [0.1, 0.15) is 5.75 Å². The Morgan fingerprint density at radius 1 is 1.26 bits per heavy atom. The first kappa shape index (κ1) is 14.3. The van der Waals surface area contributed by atoms with E-state index in [1.54, 1.807) is 13.2 Å². The molecule has 1 aliphatic heterocycles. The smallest absolute Gasteiger partial charge is 0.506 e. The highest BCUT2D eigenvalue weighted by molar-refractivity contribution is 6.61. The van der Waals surface area contributed by atoms with Crippen molar-refractivity contribution in [1.29, 1.82) is 0 Å². The molecular weight excluding hydrogens is 245 g/mol. The highest BCUT2D eigenvalue weighted by atomic mass is 16.7. The van der Waals surface area contributed by atoms with Gasteiger partial charge in [-0.25, -0.2) is 0 Å². The van der Waals surface area contributed by atoms with Crippen LogP contribution in [0, 0.1) is 0 Å². The quantitative estimate of drug-likeness (QED) is 0.833. The van der Waals surface area contributed by atoms with Gasteiger partial charge in [0.2, 0.25) is 0 Å². The lowest BCUT2D eigenvalue weighted by atomic mass is 9.81. The molecule has 0 unspecified atom stereocenters. The van der Waals surface area contributed by atoms with Gasteiger partial charge in [-0.2, -0.15) is 0 Å². The molecule has 0 radical (unpaired) electrons. The summed E-state index contributed by atoms with van der Waals surface area (Å²) in [4.78, 5) is 4.23. The SMILES string of the molecule is COCc1cc(O)cnc1B1OC(C)(C)C(C)(C)O1. The molecule has 0 amide bonds. The predicted octanol–water partition coefficient (Wildman–Crippen LogP) is 1.23. The Kier molecular flexibility index (Phi) is 3.60. The van der Waals surface area contributed by atoms with Gasteiger partial charge in [-0.3, -0.25) is 4.98 Å². The zero-order chi connectivity index (χ0) is 14.3. The van der Waals surface area contributed by atoms with Gasteiger partial charge in [0, 0.05) is 7.11 Å². The van der Waals surface area contributed by atoms with Gasteiger partial charge in [-0.05, 0) is 39.3 Å². The maximum atomic E-state index is 9.51. The van der Waals surface area contributed by atoms with Crippen LogP contribution in [0.15, 0.2) is 12.3 Å². The van der Waals surface area contributed by atoms with Gasteiger partial charge >= 0.3 is 7.12 Å². The maximum Gasteiger partial charge on any atom is 0.514 e. The first-order chi connectivity index (χ1) is 8.77. The lowest BCUT2D eigenvalue weighted by Crippen LogP contribution is -2.41. The number of hydrogen-bond donors (Lipinski definition) is 1. The van der Waals surface area contributed by atoms with Crippen LogP contribution in [0.2, 0.25) is 0 Å². The molecule has 0 saturated carbocycles. The van der Waals surface area contributed by atoms with E-state index < -0.39 is 18.3 Å². The highest BCUT2D eigenvalue weighted by Gasteiger charge is 2.52. The molecule has 2 heterocycles. The number of methoxy groups -OCH3 is 1. The van der Waals surface area contributed by atoms with Crippen LogP contribution in [-0.2, 0) is 20.7 Å². The van der Waals surface area contributed by atoms with Crippen LogP contribution in [0.1, 0.15) is 33.3 Å². The molecule has 2 rings (SSSR count). The van der Waals surface area contributed by atoms with Crippen molar-refractivity contribution in [1.82, 2.24) is 4.98 Å². The number of aromatic nitrogens is 1. The number of ether oxygens (including phenoxy) is 1. The molecule has 0 spiro atoms. The van der Waals surface area contributed by atoms with E-state index in [4.69, 9.17) is 14.0 Å². The third-order valence-electron chi connectivity index (χ3n) is 3.76. The van der Waals surface area contributed by atoms with E-state index in [9.17, 15) is 5.11 Å². The number of nitrogens with zero attached hydrogens (tertiary/aromatic N) is 1. The fourth-order valence-corrected chi connectivity index (χ4v) is 1.95. The number of hydrogen-bond acceptors (Lipinski definition) is 5. The Hall–Kier alpha value is -1.11. The minimum Gasteiger partial charge on any atom is -0.506 e. The lowest BCUT2D eigenvalue weighted by molar-refractivity contribution is 0.00578. The van der Waals surface area contributed by atoms with Crippen molar-refractivity contribution in [2.75, 3.05) is 7.11 Å². The topological polar surface area (TPSA) is 60.8 Å². The minimum absolute atomic E-state index is 0.104. The van der Waals surface area contributed by atoms with Gasteiger partial charge < -0.3 is 19.2 Å². The monoisotopic (exact) mass is 265 g/mol. The zero-order valence-electron chi connectivity index (χ0n) is 12.1. The van der Waals surface area contributed by atoms with Crippen molar-refractivity contribution in [3.63, 3.8) is 0 Å². The fraction of sp³-hybridized carbons (Fsp3) is 0.615. The van der Waals surface area contributed by atoms with Crippen LogP contribution in [-0.4, -0.2) is 35.5 Å². The molecule has 0 bridgehead atoms. The van der Waals surface area contributed by atoms with E-state index in [2.05, 4.69) is 4.98 Å². The van der Waals surface area contributed by atoms with E-state index in [0.717, 1.165) is 5.56 Å². The summed E-state index contributed by atoms with van der Waals surface area (Å²) in [6.45, 7) is 8.31. The molecule has 0 aromatic carbocycles. The van der Waals surface area contributed by atoms with Crippen LogP contribution >= 0.6 is 0 Å². The normalized spacial score (nSPS) is 20.8. The summed E-state index contributed by atoms with van der Waals surface area (Å²) >= 11 is 0. The summed E-state index contributed by atoms with van der Waals surface area (Å²) < 4.78 is 17.0. The zero-order valence-corrected chi connectivity index (χ0v) is 12.1. The molecule has 19 heavy (non-hydrogen) atoms. The molecule has 1 aromatic rings. The van der Waals surface area contributed by atoms with E-state index in [0.29, 0.717) is 12.2 Å². The van der Waals surface area contributed by atoms with Crippen molar-refractivity contribution in [3.8, 4) is 5.75 Å². The Labute approximate surface area is 114 Å². The standard InChI is InChI=1S/C13H20BNO4/c1-12(2)13(3,4)19-14(18-12)11-9(8-17-5)6-10(16)7-15-11/h6-7,16H,8H2,1-5H3. The minimum atomic E-state index is -0.546. The lowest BCUT2D eigenvalue weighted by Gasteiger charge is -2.32. The summed E-state index contributed by atoms with van der Waals surface area (Å²) in [6, 6.07) is 1.62. The molecule has 0 aliphatic carbocycles. The van der Waals surface area contributed by atoms with E-state index in [-0.39, 0.29) is 5.75 Å². The first-order valence-electron chi connectivity index (χ1n) is 6.29. The molecule has 1 aliphatic rings. The summed E-state index contributed by atoms with van der Waals surface area (Å²) in [5, 5.41) is 9.51. The van der Waals surface area contributed by atoms with Crippen LogP contribution in [0.5, 0.6) is 5.75 Å². The number of aromatic hydroxyl groups is 1. The second kappa shape index (κ2) is 4.78. The van der Waals surface area contributed by atoms with Crippen LogP contribution in [0.4, 0.5) is 0 Å². The van der Waals surface area contributed by atoms with E-state index >= 15 is 0 Å². The summed E-state index contributed by atoms with van der Waals surface area (Å²) in [5.74, 6) is 0.104. The molecule has 1 fully saturated rings. The third-order valence-corrected chi connectivity index (χ3v) is 3.76. The molecule has 1 aromatic heterocycles. The summed E-state index contributed by atoms with van der Waals surface area (Å²) in [7, 11) is 1.05. The van der Waals surface area contributed by atoms with Crippen molar-refractivity contribution >= 4 is 12.7 Å². The third kappa shape index (κ3) is 2.61. The summed E-state index contributed by atoms with van der Waals surface area (Å²) in [6.07, 6.45) is 1.39. The Morgan fingerprint density at radius 3 is 2.37 bits per heavy atom. The second-order valence-corrected chi connectivity index (χ2v) is 5.76. The van der Waals surface area contributed by atoms with Gasteiger partial charge in [0.25, 0.3) is 0 Å². The highest BCUT2D eigenvalue weighted by Crippen LogP contribution is 2.36. The van der Waals surface area contributed by atoms with Crippen LogP contribution < -0.4 is 5.59 Å². The second-order valence-electron chi connectivity index (χ2n) is 5.76. The van der Waals surface area contributed by atoms with Crippen LogP contribution in [0.25, 0.3) is 0 Å². The predicted molar refractivity (Wildman–Crippen MR) is 72.3 cm³/mol. The number of pyridine rings is 1. The van der Waals surface area contributed by atoms with E-state index in [1.165, 1.54) is 6.20 Å². The molecule has 6 heteroatoms. The fourth-order valence-electron chi connectivity index (χ4n) is 1.95. The summed E-state index contributed by atoms with van der Waals surface area (Å²) in [5.41, 5.74) is 0.586. The maximum absolute atomic E-state index is 9.51. The largest absolute Gasteiger partial charge is 0.514 e. The molecule has 5 nitrogen and oxygen atoms in total. The van der Waals surface area contributed by atoms with Gasteiger partial charge in [0.05, 0.1) is 29.6 Å². The van der Waals surface area contributed by atoms with Gasteiger partial charge in [-0.1, -0.05) is 0 Å². The molecule has 104 valence electrons. The average molecular weight is 265 g/mol. The molecule has 1 saturated heterocycles. The van der Waals surface area contributed by atoms with Crippen molar-refractivity contribution in [2.45, 2.75) is 45.5 Å². The van der Waals surface area contributed by atoms with Crippen molar-refractivity contribution in [2.24, 2.45) is 0 Å². The molecular formula is C13H20BNO4. The first-order valence-corrected chi connectivity index (χ1v) is 6.29. The number of rotatable bonds is 3. The average Bonchev–Trinajstić information content (AvgIpc) is 2.48. The van der Waals surface area contributed by atoms with Crippen molar-refractivity contribution in [3.05, 3.63) is 17.8 Å². The Bertz CT molecular complexity index is 460. The van der Waals surface area contributed by atoms with Crippen molar-refractivity contribution < 1.29 is 19.2 Å². The van der Waals surface area contributed by atoms with Gasteiger partial charge in [-0.15, -0.1) is 0 Å². The van der Waals surface area contributed by atoms with Crippen LogP contribution in [0.3, 0.4) is 0 Å². The van der Waals surface area contributed by atoms with Gasteiger partial charge in [0.15, 0.2) is 0 Å². The Morgan fingerprint density at radius 2 is 1.84 bits per heavy atom. The molecule has 0 atom stereocenters.